The maximum Gasteiger partial charge on any atom is 0.258 e. The molecule has 35 heavy (non-hydrogen) atoms. The normalized spacial score (nSPS) is 14.3. The van der Waals surface area contributed by atoms with Gasteiger partial charge in [-0.3, -0.25) is 10.2 Å². The molecule has 1 heterocycles. The van der Waals surface area contributed by atoms with Crippen LogP contribution in [0.5, 0.6) is 17.2 Å². The number of amides is 1. The highest BCUT2D eigenvalue weighted by molar-refractivity contribution is 5.95. The molecular formula is C30H28N2O3. The number of nitrogens with one attached hydrogen (secondary N) is 1. The number of hydrazine groups is 1. The molecule has 5 heteroatoms. The smallest absolute Gasteiger partial charge is 0.258 e. The monoisotopic (exact) mass is 464 g/mol. The number of hydrogen-bond donors (Lipinski definition) is 2. The van der Waals surface area contributed by atoms with Crippen molar-refractivity contribution in [3.8, 4) is 28.4 Å². The lowest BCUT2D eigenvalue weighted by molar-refractivity contribution is -0.121. The SMILES string of the molecule is O=C(C=Cc1ccc(Oc2c(-c3ccc(O)cc3)ccc3ccccc23)cc1)NN1CCCCC1. The van der Waals surface area contributed by atoms with Gasteiger partial charge >= 0.3 is 0 Å². The van der Waals surface area contributed by atoms with Crippen molar-refractivity contribution in [2.45, 2.75) is 19.3 Å². The first kappa shape index (κ1) is 22.7. The van der Waals surface area contributed by atoms with E-state index in [1.807, 2.05) is 71.7 Å². The average molecular weight is 465 g/mol. The van der Waals surface area contributed by atoms with Crippen LogP contribution in [0.3, 0.4) is 0 Å². The van der Waals surface area contributed by atoms with Crippen LogP contribution in [-0.2, 0) is 4.79 Å². The number of phenolic OH excluding ortho intramolecular Hbond substituents is 1. The molecule has 0 aromatic heterocycles. The number of carbonyl (C=O) groups is 1. The standard InChI is InChI=1S/C30H28N2O3/c33-25-14-11-24(12-15-25)28-18-13-23-6-2-3-7-27(23)30(28)35-26-16-8-22(9-17-26)10-19-29(34)31-32-20-4-1-5-21-32/h2-3,6-19,33H,1,4-5,20-21H2,(H,31,34). The van der Waals surface area contributed by atoms with Crippen LogP contribution < -0.4 is 10.2 Å². The molecule has 1 fully saturated rings. The number of ether oxygens (including phenoxy) is 1. The number of hydrogen-bond acceptors (Lipinski definition) is 4. The highest BCUT2D eigenvalue weighted by Crippen LogP contribution is 2.40. The quantitative estimate of drug-likeness (QED) is 0.318. The Morgan fingerprint density at radius 1 is 0.857 bits per heavy atom. The summed E-state index contributed by atoms with van der Waals surface area (Å²) in [6, 6.07) is 27.0. The topological polar surface area (TPSA) is 61.8 Å². The van der Waals surface area contributed by atoms with Crippen LogP contribution in [0.25, 0.3) is 28.0 Å². The highest BCUT2D eigenvalue weighted by Gasteiger charge is 2.13. The Balaban J connectivity index is 1.35. The Kier molecular flexibility index (Phi) is 6.77. The number of piperidine rings is 1. The van der Waals surface area contributed by atoms with Crippen LogP contribution in [-0.4, -0.2) is 29.1 Å². The number of benzene rings is 4. The molecule has 0 radical (unpaired) electrons. The highest BCUT2D eigenvalue weighted by atomic mass is 16.5. The largest absolute Gasteiger partial charge is 0.508 e. The molecule has 0 unspecified atom stereocenters. The predicted molar refractivity (Wildman–Crippen MR) is 140 cm³/mol. The van der Waals surface area contributed by atoms with E-state index in [1.165, 1.54) is 6.42 Å². The molecule has 4 aromatic rings. The van der Waals surface area contributed by atoms with E-state index in [0.29, 0.717) is 5.75 Å². The molecule has 1 aliphatic heterocycles. The van der Waals surface area contributed by atoms with Gasteiger partial charge in [0.05, 0.1) is 0 Å². The maximum absolute atomic E-state index is 12.2. The van der Waals surface area contributed by atoms with E-state index in [0.717, 1.165) is 59.1 Å². The zero-order valence-electron chi connectivity index (χ0n) is 19.5. The molecule has 5 nitrogen and oxygen atoms in total. The number of rotatable bonds is 6. The molecule has 0 aliphatic carbocycles. The van der Waals surface area contributed by atoms with E-state index in [-0.39, 0.29) is 11.7 Å². The summed E-state index contributed by atoms with van der Waals surface area (Å²) < 4.78 is 6.42. The zero-order chi connectivity index (χ0) is 24.0. The lowest BCUT2D eigenvalue weighted by atomic mass is 9.99. The van der Waals surface area contributed by atoms with Gasteiger partial charge in [-0.15, -0.1) is 0 Å². The number of fused-ring (bicyclic) bond motifs is 1. The van der Waals surface area contributed by atoms with Gasteiger partial charge in [0.25, 0.3) is 5.91 Å². The molecule has 176 valence electrons. The summed E-state index contributed by atoms with van der Waals surface area (Å²) in [5.41, 5.74) is 5.77. The third kappa shape index (κ3) is 5.53. The van der Waals surface area contributed by atoms with Gasteiger partial charge in [-0.05, 0) is 65.8 Å². The Bertz CT molecular complexity index is 1340. The number of aromatic hydroxyl groups is 1. The molecule has 1 amide bonds. The van der Waals surface area contributed by atoms with E-state index < -0.39 is 0 Å². The van der Waals surface area contributed by atoms with Crippen molar-refractivity contribution in [3.05, 3.63) is 96.6 Å². The summed E-state index contributed by atoms with van der Waals surface area (Å²) >= 11 is 0. The van der Waals surface area contributed by atoms with Gasteiger partial charge in [-0.1, -0.05) is 61.0 Å². The van der Waals surface area contributed by atoms with E-state index >= 15 is 0 Å². The first-order valence-corrected chi connectivity index (χ1v) is 12.0. The van der Waals surface area contributed by atoms with Crippen molar-refractivity contribution < 1.29 is 14.6 Å². The summed E-state index contributed by atoms with van der Waals surface area (Å²) in [6.45, 7) is 1.82. The fraction of sp³-hybridized carbons (Fsp3) is 0.167. The predicted octanol–water partition coefficient (Wildman–Crippen LogP) is 6.54. The molecule has 1 aliphatic rings. The van der Waals surface area contributed by atoms with Crippen molar-refractivity contribution in [2.24, 2.45) is 0 Å². The van der Waals surface area contributed by atoms with E-state index in [2.05, 4.69) is 17.6 Å². The second-order valence-corrected chi connectivity index (χ2v) is 8.74. The van der Waals surface area contributed by atoms with Crippen LogP contribution in [0.1, 0.15) is 24.8 Å². The van der Waals surface area contributed by atoms with Crippen LogP contribution in [0.15, 0.2) is 91.0 Å². The molecule has 2 N–H and O–H groups in total. The van der Waals surface area contributed by atoms with Gasteiger partial charge in [0, 0.05) is 30.1 Å². The fourth-order valence-corrected chi connectivity index (χ4v) is 4.36. The lowest BCUT2D eigenvalue weighted by Crippen LogP contribution is -2.44. The van der Waals surface area contributed by atoms with Gasteiger partial charge in [-0.25, -0.2) is 5.01 Å². The molecule has 0 saturated carbocycles. The molecule has 1 saturated heterocycles. The van der Waals surface area contributed by atoms with Crippen molar-refractivity contribution >= 4 is 22.8 Å². The van der Waals surface area contributed by atoms with Gasteiger partial charge in [0.2, 0.25) is 0 Å². The van der Waals surface area contributed by atoms with Gasteiger partial charge in [0.15, 0.2) is 0 Å². The number of nitrogens with zero attached hydrogens (tertiary/aromatic N) is 1. The summed E-state index contributed by atoms with van der Waals surface area (Å²) in [5, 5.41) is 13.8. The van der Waals surface area contributed by atoms with Crippen molar-refractivity contribution in [1.82, 2.24) is 10.4 Å². The summed E-state index contributed by atoms with van der Waals surface area (Å²) in [6.07, 6.45) is 6.85. The molecule has 4 aromatic carbocycles. The van der Waals surface area contributed by atoms with Crippen LogP contribution in [0.4, 0.5) is 0 Å². The van der Waals surface area contributed by atoms with Crippen molar-refractivity contribution in [3.63, 3.8) is 0 Å². The van der Waals surface area contributed by atoms with Crippen LogP contribution >= 0.6 is 0 Å². The number of phenols is 1. The Morgan fingerprint density at radius 2 is 1.60 bits per heavy atom. The average Bonchev–Trinajstić information content (AvgIpc) is 2.90. The van der Waals surface area contributed by atoms with Gasteiger partial charge in [0.1, 0.15) is 17.2 Å². The Hall–Kier alpha value is -4.09. The van der Waals surface area contributed by atoms with Crippen molar-refractivity contribution in [2.75, 3.05) is 13.1 Å². The number of carbonyl (C=O) groups excluding carboxylic acids is 1. The summed E-state index contributed by atoms with van der Waals surface area (Å²) in [4.78, 5) is 12.2. The minimum absolute atomic E-state index is 0.110. The molecular weight excluding hydrogens is 436 g/mol. The van der Waals surface area contributed by atoms with E-state index in [9.17, 15) is 9.90 Å². The molecule has 0 bridgehead atoms. The molecule has 0 atom stereocenters. The zero-order valence-corrected chi connectivity index (χ0v) is 19.5. The maximum atomic E-state index is 12.2. The van der Waals surface area contributed by atoms with Crippen molar-refractivity contribution in [1.29, 1.82) is 0 Å². The Morgan fingerprint density at radius 3 is 2.37 bits per heavy atom. The summed E-state index contributed by atoms with van der Waals surface area (Å²) in [7, 11) is 0. The first-order chi connectivity index (χ1) is 17.2. The summed E-state index contributed by atoms with van der Waals surface area (Å²) in [5.74, 6) is 1.58. The van der Waals surface area contributed by atoms with Crippen LogP contribution in [0, 0.1) is 0 Å². The fourth-order valence-electron chi connectivity index (χ4n) is 4.36. The van der Waals surface area contributed by atoms with E-state index in [1.54, 1.807) is 18.2 Å². The van der Waals surface area contributed by atoms with Gasteiger partial charge < -0.3 is 9.84 Å². The van der Waals surface area contributed by atoms with Crippen LogP contribution in [0.2, 0.25) is 0 Å². The Labute approximate surface area is 205 Å². The third-order valence-corrected chi connectivity index (χ3v) is 6.21. The lowest BCUT2D eigenvalue weighted by Gasteiger charge is -2.26. The second-order valence-electron chi connectivity index (χ2n) is 8.74. The van der Waals surface area contributed by atoms with E-state index in [4.69, 9.17) is 4.74 Å². The first-order valence-electron chi connectivity index (χ1n) is 12.0. The molecule has 0 spiro atoms. The second kappa shape index (κ2) is 10.5. The van der Waals surface area contributed by atoms with Gasteiger partial charge in [-0.2, -0.15) is 0 Å². The minimum atomic E-state index is -0.110. The third-order valence-electron chi connectivity index (χ3n) is 6.21. The minimum Gasteiger partial charge on any atom is -0.508 e. The molecule has 5 rings (SSSR count).